The summed E-state index contributed by atoms with van der Waals surface area (Å²) >= 11 is 0. The number of amidine groups is 1. The van der Waals surface area contributed by atoms with Gasteiger partial charge in [0.05, 0.1) is 6.20 Å². The zero-order valence-electron chi connectivity index (χ0n) is 11.2. The number of rotatable bonds is 6. The molecule has 0 spiro atoms. The fourth-order valence-electron chi connectivity index (χ4n) is 1.73. The molecule has 9 heteroatoms. The number of amides is 1. The number of carbonyl (C=O) groups excluding carboxylic acids is 1. The molecule has 0 saturated heterocycles. The number of nitrogens with two attached hydrogens (primary N) is 1. The summed E-state index contributed by atoms with van der Waals surface area (Å²) in [5, 5.41) is 21.3. The lowest BCUT2D eigenvalue weighted by atomic mass is 10.2. The Morgan fingerprint density at radius 1 is 1.48 bits per heavy atom. The van der Waals surface area contributed by atoms with Gasteiger partial charge in [-0.1, -0.05) is 11.2 Å². The quantitative estimate of drug-likeness (QED) is 0.296. The van der Waals surface area contributed by atoms with Crippen molar-refractivity contribution in [2.75, 3.05) is 6.54 Å². The number of hydrogen-bond donors (Lipinski definition) is 3. The van der Waals surface area contributed by atoms with E-state index in [0.29, 0.717) is 6.54 Å². The molecule has 0 saturated carbocycles. The van der Waals surface area contributed by atoms with Gasteiger partial charge in [0, 0.05) is 31.9 Å². The molecule has 9 nitrogen and oxygen atoms in total. The predicted octanol–water partition coefficient (Wildman–Crippen LogP) is -0.0214. The number of aromatic nitrogens is 4. The maximum atomic E-state index is 12.4. The average Bonchev–Trinajstić information content (AvgIpc) is 3.05. The number of nitrogens with zero attached hydrogens (tertiary/aromatic N) is 5. The summed E-state index contributed by atoms with van der Waals surface area (Å²) in [6.45, 7) is 0.634. The summed E-state index contributed by atoms with van der Waals surface area (Å²) in [4.78, 5) is 17.9. The highest BCUT2D eigenvalue weighted by Crippen LogP contribution is 2.08. The van der Waals surface area contributed by atoms with Crippen LogP contribution in [0.2, 0.25) is 0 Å². The normalized spacial score (nSPS) is 11.3. The molecule has 0 aliphatic rings. The van der Waals surface area contributed by atoms with Crippen molar-refractivity contribution in [3.63, 3.8) is 0 Å². The number of nitrogens with one attached hydrogen (secondary N) is 1. The third kappa shape index (κ3) is 4.00. The lowest BCUT2D eigenvalue weighted by Crippen LogP contribution is -2.34. The summed E-state index contributed by atoms with van der Waals surface area (Å²) in [5.41, 5.74) is 6.53. The third-order valence-electron chi connectivity index (χ3n) is 2.78. The maximum absolute atomic E-state index is 12.4. The van der Waals surface area contributed by atoms with Gasteiger partial charge >= 0.3 is 0 Å². The van der Waals surface area contributed by atoms with Crippen molar-refractivity contribution in [1.29, 1.82) is 0 Å². The van der Waals surface area contributed by atoms with Crippen LogP contribution in [0.1, 0.15) is 22.5 Å². The van der Waals surface area contributed by atoms with Crippen LogP contribution in [0.4, 0.5) is 0 Å². The van der Waals surface area contributed by atoms with Crippen molar-refractivity contribution in [3.05, 3.63) is 42.0 Å². The minimum atomic E-state index is -0.293. The monoisotopic (exact) mass is 289 g/mol. The van der Waals surface area contributed by atoms with Gasteiger partial charge in [-0.15, -0.1) is 0 Å². The number of hydrogen-bond acceptors (Lipinski definition) is 6. The van der Waals surface area contributed by atoms with Crippen molar-refractivity contribution < 1.29 is 10.0 Å². The number of aromatic amines is 1. The van der Waals surface area contributed by atoms with Gasteiger partial charge in [0.2, 0.25) is 0 Å². The molecule has 0 aliphatic heterocycles. The third-order valence-corrected chi connectivity index (χ3v) is 2.78. The van der Waals surface area contributed by atoms with Gasteiger partial charge in [-0.05, 0) is 11.6 Å². The van der Waals surface area contributed by atoms with E-state index < -0.39 is 0 Å². The van der Waals surface area contributed by atoms with Crippen LogP contribution < -0.4 is 5.73 Å². The first kappa shape index (κ1) is 14.4. The molecule has 0 aromatic carbocycles. The molecule has 110 valence electrons. The van der Waals surface area contributed by atoms with Gasteiger partial charge in [0.1, 0.15) is 5.84 Å². The SMILES string of the molecule is N/C(CCN(Cc1cccnc1)C(=O)c1cn[nH]n1)=N/O. The first-order valence-corrected chi connectivity index (χ1v) is 6.21. The minimum Gasteiger partial charge on any atom is -0.409 e. The van der Waals surface area contributed by atoms with E-state index in [1.165, 1.54) is 11.1 Å². The van der Waals surface area contributed by atoms with Gasteiger partial charge in [0.15, 0.2) is 5.69 Å². The fourth-order valence-corrected chi connectivity index (χ4v) is 1.73. The molecule has 0 fully saturated rings. The van der Waals surface area contributed by atoms with E-state index in [1.54, 1.807) is 18.5 Å². The van der Waals surface area contributed by atoms with Gasteiger partial charge in [0.25, 0.3) is 5.91 Å². The van der Waals surface area contributed by atoms with Crippen LogP contribution in [-0.2, 0) is 6.54 Å². The van der Waals surface area contributed by atoms with E-state index in [9.17, 15) is 4.79 Å². The summed E-state index contributed by atoms with van der Waals surface area (Å²) in [6, 6.07) is 3.65. The Morgan fingerprint density at radius 2 is 2.33 bits per heavy atom. The first-order valence-electron chi connectivity index (χ1n) is 6.21. The molecule has 0 unspecified atom stereocenters. The van der Waals surface area contributed by atoms with Crippen LogP contribution in [-0.4, -0.2) is 48.8 Å². The van der Waals surface area contributed by atoms with Gasteiger partial charge in [-0.3, -0.25) is 9.78 Å². The van der Waals surface area contributed by atoms with Crippen molar-refractivity contribution >= 4 is 11.7 Å². The van der Waals surface area contributed by atoms with Gasteiger partial charge in [-0.2, -0.15) is 15.4 Å². The van der Waals surface area contributed by atoms with E-state index in [0.717, 1.165) is 5.56 Å². The fraction of sp³-hybridized carbons (Fsp3) is 0.250. The summed E-state index contributed by atoms with van der Waals surface area (Å²) < 4.78 is 0. The molecule has 21 heavy (non-hydrogen) atoms. The molecule has 0 bridgehead atoms. The summed E-state index contributed by atoms with van der Waals surface area (Å²) in [6.07, 6.45) is 4.93. The lowest BCUT2D eigenvalue weighted by Gasteiger charge is -2.21. The first-order chi connectivity index (χ1) is 10.2. The van der Waals surface area contributed by atoms with Crippen molar-refractivity contribution in [1.82, 2.24) is 25.3 Å². The zero-order chi connectivity index (χ0) is 15.1. The van der Waals surface area contributed by atoms with E-state index in [4.69, 9.17) is 10.9 Å². The highest BCUT2D eigenvalue weighted by Gasteiger charge is 2.18. The number of oxime groups is 1. The Balaban J connectivity index is 2.12. The van der Waals surface area contributed by atoms with Crippen LogP contribution in [0.25, 0.3) is 0 Å². The largest absolute Gasteiger partial charge is 0.409 e. The Kier molecular flexibility index (Phi) is 4.80. The Bertz CT molecular complexity index is 597. The molecule has 1 amide bonds. The van der Waals surface area contributed by atoms with Crippen LogP contribution in [0.3, 0.4) is 0 Å². The van der Waals surface area contributed by atoms with E-state index >= 15 is 0 Å². The second-order valence-corrected chi connectivity index (χ2v) is 4.28. The summed E-state index contributed by atoms with van der Waals surface area (Å²) in [7, 11) is 0. The smallest absolute Gasteiger partial charge is 0.276 e. The number of pyridine rings is 1. The van der Waals surface area contributed by atoms with E-state index in [-0.39, 0.29) is 30.4 Å². The second kappa shape index (κ2) is 6.98. The molecule has 2 aromatic heterocycles. The van der Waals surface area contributed by atoms with E-state index in [1.807, 2.05) is 6.07 Å². The van der Waals surface area contributed by atoms with Crippen molar-refractivity contribution in [3.8, 4) is 0 Å². The molecular formula is C12H15N7O2. The lowest BCUT2D eigenvalue weighted by molar-refractivity contribution is 0.0741. The summed E-state index contributed by atoms with van der Waals surface area (Å²) in [5.74, 6) is -0.238. The zero-order valence-corrected chi connectivity index (χ0v) is 11.2. The van der Waals surface area contributed by atoms with Crippen molar-refractivity contribution in [2.24, 2.45) is 10.9 Å². The Morgan fingerprint density at radius 3 is 2.95 bits per heavy atom. The van der Waals surface area contributed by atoms with Crippen LogP contribution in [0, 0.1) is 0 Å². The van der Waals surface area contributed by atoms with Crippen LogP contribution in [0.15, 0.2) is 35.9 Å². The minimum absolute atomic E-state index is 0.0548. The molecule has 0 radical (unpaired) electrons. The van der Waals surface area contributed by atoms with Crippen LogP contribution in [0.5, 0.6) is 0 Å². The number of carbonyl (C=O) groups is 1. The molecular weight excluding hydrogens is 274 g/mol. The molecule has 4 N–H and O–H groups in total. The standard InChI is InChI=1S/C12H15N7O2/c13-11(17-21)3-5-19(8-9-2-1-4-14-6-9)12(20)10-7-15-18-16-10/h1-2,4,6-7,21H,3,5,8H2,(H2,13,17)(H,15,16,18). The molecule has 2 rings (SSSR count). The van der Waals surface area contributed by atoms with Crippen molar-refractivity contribution in [2.45, 2.75) is 13.0 Å². The Labute approximate surface area is 120 Å². The highest BCUT2D eigenvalue weighted by molar-refractivity contribution is 5.92. The molecule has 2 heterocycles. The van der Waals surface area contributed by atoms with E-state index in [2.05, 4.69) is 25.6 Å². The Hall–Kier alpha value is -2.97. The highest BCUT2D eigenvalue weighted by atomic mass is 16.4. The second-order valence-electron chi connectivity index (χ2n) is 4.28. The average molecular weight is 289 g/mol. The topological polar surface area (TPSA) is 133 Å². The molecule has 0 aliphatic carbocycles. The molecule has 2 aromatic rings. The molecule has 0 atom stereocenters. The maximum Gasteiger partial charge on any atom is 0.276 e. The van der Waals surface area contributed by atoms with Gasteiger partial charge < -0.3 is 15.8 Å². The predicted molar refractivity (Wildman–Crippen MR) is 73.4 cm³/mol. The van der Waals surface area contributed by atoms with Crippen LogP contribution >= 0.6 is 0 Å². The van der Waals surface area contributed by atoms with Gasteiger partial charge in [-0.25, -0.2) is 0 Å². The number of H-pyrrole nitrogens is 1.